The molecule has 8 heteroatoms. The Morgan fingerprint density at radius 1 is 1.22 bits per heavy atom. The van der Waals surface area contributed by atoms with E-state index in [1.54, 1.807) is 37.3 Å². The third-order valence-electron chi connectivity index (χ3n) is 6.25. The molecule has 8 nitrogen and oxygen atoms in total. The van der Waals surface area contributed by atoms with E-state index in [-0.39, 0.29) is 42.4 Å². The highest BCUT2D eigenvalue weighted by atomic mass is 16.5. The molecule has 1 aliphatic carbocycles. The summed E-state index contributed by atoms with van der Waals surface area (Å²) in [5, 5.41) is 2.72. The van der Waals surface area contributed by atoms with E-state index in [9.17, 15) is 14.4 Å². The molecule has 2 aliphatic rings. The zero-order valence-corrected chi connectivity index (χ0v) is 19.7. The number of ether oxygens (including phenoxy) is 2. The first-order chi connectivity index (χ1) is 15.2. The molecule has 3 rings (SSSR count). The quantitative estimate of drug-likeness (QED) is 0.770. The molecule has 0 radical (unpaired) electrons. The number of fused-ring (bicyclic) bond motifs is 1. The Morgan fingerprint density at radius 2 is 1.94 bits per heavy atom. The van der Waals surface area contributed by atoms with Gasteiger partial charge in [0, 0.05) is 52.2 Å². The second-order valence-electron chi connectivity index (χ2n) is 9.18. The van der Waals surface area contributed by atoms with Crippen LogP contribution in [0.5, 0.6) is 5.75 Å². The van der Waals surface area contributed by atoms with Gasteiger partial charge in [0.25, 0.3) is 5.91 Å². The number of carbonyl (C=O) groups is 3. The molecule has 3 amide bonds. The standard InChI is InChI=1S/C24H35N3O5/c1-15-12-27(23(29)10-18-6-7-18)16(2)14-32-21-9-8-19(25-17(3)28)11-20(21)24(30)26(4)13-22(15)31-5/h8-9,11,15-16,18,22H,6-7,10,12-14H2,1-5H3,(H,25,28)/t15-,16+,22-/m0/s1. The Morgan fingerprint density at radius 3 is 2.56 bits per heavy atom. The molecule has 1 heterocycles. The summed E-state index contributed by atoms with van der Waals surface area (Å²) in [7, 11) is 3.36. The summed E-state index contributed by atoms with van der Waals surface area (Å²) in [4.78, 5) is 41.3. The molecular formula is C24H35N3O5. The number of hydrogen-bond donors (Lipinski definition) is 1. The zero-order chi connectivity index (χ0) is 23.4. The first-order valence-corrected chi connectivity index (χ1v) is 11.3. The lowest BCUT2D eigenvalue weighted by Crippen LogP contribution is -2.48. The van der Waals surface area contributed by atoms with E-state index in [1.165, 1.54) is 6.92 Å². The number of amides is 3. The Kier molecular flexibility index (Phi) is 7.77. The minimum atomic E-state index is -0.227. The van der Waals surface area contributed by atoms with Gasteiger partial charge in [-0.3, -0.25) is 14.4 Å². The van der Waals surface area contributed by atoms with Gasteiger partial charge in [0.05, 0.1) is 17.7 Å². The Bertz CT molecular complexity index is 854. The van der Waals surface area contributed by atoms with Crippen molar-refractivity contribution >= 4 is 23.4 Å². The molecule has 0 aromatic heterocycles. The van der Waals surface area contributed by atoms with Crippen LogP contribution in [0, 0.1) is 11.8 Å². The van der Waals surface area contributed by atoms with Crippen LogP contribution < -0.4 is 10.1 Å². The van der Waals surface area contributed by atoms with Crippen LogP contribution in [0.3, 0.4) is 0 Å². The fourth-order valence-electron chi connectivity index (χ4n) is 4.09. The number of anilines is 1. The normalized spacial score (nSPS) is 24.7. The van der Waals surface area contributed by atoms with E-state index >= 15 is 0 Å². The van der Waals surface area contributed by atoms with Crippen LogP contribution in [0.2, 0.25) is 0 Å². The maximum Gasteiger partial charge on any atom is 0.257 e. The van der Waals surface area contributed by atoms with Crippen LogP contribution in [0.15, 0.2) is 18.2 Å². The molecule has 1 aliphatic heterocycles. The average Bonchev–Trinajstić information content (AvgIpc) is 3.56. The van der Waals surface area contributed by atoms with Gasteiger partial charge >= 0.3 is 0 Å². The van der Waals surface area contributed by atoms with E-state index in [0.717, 1.165) is 12.8 Å². The van der Waals surface area contributed by atoms with Crippen molar-refractivity contribution in [2.45, 2.75) is 52.2 Å². The van der Waals surface area contributed by atoms with Crippen LogP contribution in [0.25, 0.3) is 0 Å². The summed E-state index contributed by atoms with van der Waals surface area (Å²) in [6, 6.07) is 4.88. The summed E-state index contributed by atoms with van der Waals surface area (Å²) in [6.07, 6.45) is 2.59. The van der Waals surface area contributed by atoms with Gasteiger partial charge in [-0.05, 0) is 43.9 Å². The highest BCUT2D eigenvalue weighted by Gasteiger charge is 2.33. The SMILES string of the molecule is CO[C@H]1CN(C)C(=O)c2cc(NC(C)=O)ccc2OC[C@@H](C)N(C(=O)CC2CC2)C[C@@H]1C. The summed E-state index contributed by atoms with van der Waals surface area (Å²) in [5.74, 6) is 0.684. The molecule has 1 aromatic rings. The molecule has 1 saturated carbocycles. The predicted octanol–water partition coefficient (Wildman–Crippen LogP) is 2.78. The van der Waals surface area contributed by atoms with Gasteiger partial charge in [-0.1, -0.05) is 6.92 Å². The highest BCUT2D eigenvalue weighted by molar-refractivity contribution is 5.99. The molecule has 1 N–H and O–H groups in total. The number of hydrogen-bond acceptors (Lipinski definition) is 5. The maximum absolute atomic E-state index is 13.3. The largest absolute Gasteiger partial charge is 0.491 e. The predicted molar refractivity (Wildman–Crippen MR) is 122 cm³/mol. The lowest BCUT2D eigenvalue weighted by atomic mass is 10.0. The van der Waals surface area contributed by atoms with Crippen molar-refractivity contribution in [1.29, 1.82) is 0 Å². The molecule has 0 bridgehead atoms. The number of likely N-dealkylation sites (N-methyl/N-ethyl adjacent to an activating group) is 1. The molecule has 32 heavy (non-hydrogen) atoms. The average molecular weight is 446 g/mol. The lowest BCUT2D eigenvalue weighted by molar-refractivity contribution is -0.135. The van der Waals surface area contributed by atoms with Crippen LogP contribution in [0.1, 0.15) is 50.4 Å². The van der Waals surface area contributed by atoms with Crippen molar-refractivity contribution in [3.05, 3.63) is 23.8 Å². The smallest absolute Gasteiger partial charge is 0.257 e. The number of rotatable bonds is 4. The maximum atomic E-state index is 13.3. The Labute approximate surface area is 190 Å². The number of carbonyl (C=O) groups excluding carboxylic acids is 3. The van der Waals surface area contributed by atoms with Gasteiger partial charge in [0.1, 0.15) is 12.4 Å². The fraction of sp³-hybridized carbons (Fsp3) is 0.625. The second-order valence-corrected chi connectivity index (χ2v) is 9.18. The summed E-state index contributed by atoms with van der Waals surface area (Å²) >= 11 is 0. The van der Waals surface area contributed by atoms with Crippen molar-refractivity contribution in [1.82, 2.24) is 9.80 Å². The summed E-state index contributed by atoms with van der Waals surface area (Å²) in [5.41, 5.74) is 0.893. The molecule has 1 aromatic carbocycles. The molecule has 0 saturated heterocycles. The van der Waals surface area contributed by atoms with Crippen LogP contribution >= 0.6 is 0 Å². The zero-order valence-electron chi connectivity index (χ0n) is 19.7. The number of nitrogens with zero attached hydrogens (tertiary/aromatic N) is 2. The molecule has 3 atom stereocenters. The van der Waals surface area contributed by atoms with Gasteiger partial charge in [-0.25, -0.2) is 0 Å². The second kappa shape index (κ2) is 10.3. The Hall–Kier alpha value is -2.61. The van der Waals surface area contributed by atoms with Gasteiger partial charge in [-0.2, -0.15) is 0 Å². The van der Waals surface area contributed by atoms with E-state index in [1.807, 2.05) is 18.7 Å². The van der Waals surface area contributed by atoms with E-state index in [4.69, 9.17) is 9.47 Å². The van der Waals surface area contributed by atoms with Crippen LogP contribution in [-0.4, -0.2) is 73.5 Å². The first-order valence-electron chi connectivity index (χ1n) is 11.3. The molecule has 1 fully saturated rings. The first kappa shape index (κ1) is 24.0. The number of nitrogens with one attached hydrogen (secondary N) is 1. The van der Waals surface area contributed by atoms with Gasteiger partial charge in [0.2, 0.25) is 11.8 Å². The molecular weight excluding hydrogens is 410 g/mol. The van der Waals surface area contributed by atoms with Crippen molar-refractivity contribution < 1.29 is 23.9 Å². The number of benzene rings is 1. The molecule has 176 valence electrons. The third kappa shape index (κ3) is 6.00. The van der Waals surface area contributed by atoms with Crippen molar-refractivity contribution in [3.8, 4) is 5.75 Å². The minimum absolute atomic E-state index is 0.0328. The molecule has 0 spiro atoms. The number of methoxy groups -OCH3 is 1. The summed E-state index contributed by atoms with van der Waals surface area (Å²) in [6.45, 7) is 6.63. The fourth-order valence-corrected chi connectivity index (χ4v) is 4.09. The topological polar surface area (TPSA) is 88.2 Å². The van der Waals surface area contributed by atoms with Crippen molar-refractivity contribution in [2.75, 3.05) is 39.2 Å². The van der Waals surface area contributed by atoms with Gasteiger partial charge < -0.3 is 24.6 Å². The molecule has 0 unspecified atom stereocenters. The minimum Gasteiger partial charge on any atom is -0.491 e. The van der Waals surface area contributed by atoms with Crippen LogP contribution in [0.4, 0.5) is 5.69 Å². The van der Waals surface area contributed by atoms with Gasteiger partial charge in [-0.15, -0.1) is 0 Å². The Balaban J connectivity index is 1.93. The van der Waals surface area contributed by atoms with Crippen molar-refractivity contribution in [2.24, 2.45) is 11.8 Å². The van der Waals surface area contributed by atoms with Crippen LogP contribution in [-0.2, 0) is 14.3 Å². The lowest BCUT2D eigenvalue weighted by Gasteiger charge is -2.36. The highest BCUT2D eigenvalue weighted by Crippen LogP contribution is 2.33. The van der Waals surface area contributed by atoms with Crippen molar-refractivity contribution in [3.63, 3.8) is 0 Å². The van der Waals surface area contributed by atoms with E-state index in [0.29, 0.717) is 42.4 Å². The van der Waals surface area contributed by atoms with E-state index < -0.39 is 0 Å². The monoisotopic (exact) mass is 445 g/mol. The third-order valence-corrected chi connectivity index (χ3v) is 6.25. The summed E-state index contributed by atoms with van der Waals surface area (Å²) < 4.78 is 11.8. The van der Waals surface area contributed by atoms with Gasteiger partial charge in [0.15, 0.2) is 0 Å². The van der Waals surface area contributed by atoms with E-state index in [2.05, 4.69) is 5.32 Å².